The van der Waals surface area contributed by atoms with Crippen LogP contribution in [0.2, 0.25) is 0 Å². The molecule has 3 aromatic heterocycles. The van der Waals surface area contributed by atoms with Crippen LogP contribution in [0.15, 0.2) is 44.4 Å². The summed E-state index contributed by atoms with van der Waals surface area (Å²) in [5.41, 5.74) is -0.495. The van der Waals surface area contributed by atoms with E-state index in [1.54, 1.807) is 6.07 Å². The van der Waals surface area contributed by atoms with Crippen molar-refractivity contribution in [1.29, 1.82) is 0 Å². The van der Waals surface area contributed by atoms with Gasteiger partial charge in [0.25, 0.3) is 11.1 Å². The number of hydrogen-bond acceptors (Lipinski definition) is 6. The molecule has 0 aliphatic heterocycles. The molecule has 0 saturated carbocycles. The van der Waals surface area contributed by atoms with Gasteiger partial charge in [0, 0.05) is 38.3 Å². The van der Waals surface area contributed by atoms with Crippen LogP contribution >= 0.6 is 11.3 Å². The van der Waals surface area contributed by atoms with E-state index in [1.165, 1.54) is 39.1 Å². The second-order valence-electron chi connectivity index (χ2n) is 5.28. The van der Waals surface area contributed by atoms with E-state index in [-0.39, 0.29) is 31.0 Å². The Morgan fingerprint density at radius 3 is 2.84 bits per heavy atom. The third kappa shape index (κ3) is 3.91. The van der Waals surface area contributed by atoms with Crippen molar-refractivity contribution >= 4 is 27.5 Å². The van der Waals surface area contributed by atoms with Crippen molar-refractivity contribution in [3.8, 4) is 0 Å². The normalized spacial score (nSPS) is 10.9. The molecule has 0 spiro atoms. The summed E-state index contributed by atoms with van der Waals surface area (Å²) in [6.07, 6.45) is 2.89. The van der Waals surface area contributed by atoms with Crippen LogP contribution < -0.4 is 22.1 Å². The van der Waals surface area contributed by atoms with Crippen molar-refractivity contribution in [2.75, 3.05) is 6.54 Å². The van der Waals surface area contributed by atoms with Gasteiger partial charge in [0.2, 0.25) is 5.91 Å². The average molecular weight is 361 g/mol. The molecule has 2 N–H and O–H groups in total. The quantitative estimate of drug-likeness (QED) is 0.614. The van der Waals surface area contributed by atoms with E-state index in [4.69, 9.17) is 0 Å². The van der Waals surface area contributed by atoms with E-state index in [2.05, 4.69) is 15.3 Å². The van der Waals surface area contributed by atoms with Crippen LogP contribution in [0.25, 0.3) is 10.2 Å². The van der Waals surface area contributed by atoms with Gasteiger partial charge in [-0.05, 0) is 11.4 Å². The van der Waals surface area contributed by atoms with Gasteiger partial charge in [-0.15, -0.1) is 11.3 Å². The first-order valence-electron chi connectivity index (χ1n) is 7.54. The molecule has 3 rings (SSSR count). The number of nitrogens with one attached hydrogen (secondary N) is 2. The largest absolute Gasteiger partial charge is 0.354 e. The smallest absolute Gasteiger partial charge is 0.328 e. The first-order chi connectivity index (χ1) is 12.0. The summed E-state index contributed by atoms with van der Waals surface area (Å²) in [6, 6.07) is 3.01. The van der Waals surface area contributed by atoms with Gasteiger partial charge < -0.3 is 9.88 Å². The number of rotatable bonds is 6. The summed E-state index contributed by atoms with van der Waals surface area (Å²) in [6.45, 7) is 0.742. The third-order valence-corrected chi connectivity index (χ3v) is 4.48. The maximum atomic E-state index is 12.2. The van der Waals surface area contributed by atoms with E-state index in [0.29, 0.717) is 16.8 Å². The van der Waals surface area contributed by atoms with Crippen molar-refractivity contribution in [1.82, 2.24) is 24.4 Å². The lowest BCUT2D eigenvalue weighted by atomic mass is 10.4. The third-order valence-electron chi connectivity index (χ3n) is 3.59. The Labute approximate surface area is 144 Å². The molecule has 0 radical (unpaired) electrons. The highest BCUT2D eigenvalue weighted by Crippen LogP contribution is 2.12. The highest BCUT2D eigenvalue weighted by atomic mass is 32.1. The number of hydrogen-bond donors (Lipinski definition) is 2. The maximum absolute atomic E-state index is 12.2. The summed E-state index contributed by atoms with van der Waals surface area (Å²) in [5.74, 6) is -0.253. The standard InChI is InChI=1S/C15H15N5O4S/c21-11(1-5-19-6-2-12(22)18-15(19)24)16-4-7-20-9-17-10-3-8-25-13(10)14(20)23/h2-3,6,8-9H,1,4-5,7H2,(H,16,21)(H,18,22,24). The molecule has 9 nitrogen and oxygen atoms in total. The molecule has 0 saturated heterocycles. The Hall–Kier alpha value is -3.01. The van der Waals surface area contributed by atoms with E-state index >= 15 is 0 Å². The van der Waals surface area contributed by atoms with Crippen LogP contribution in [-0.2, 0) is 17.9 Å². The Morgan fingerprint density at radius 2 is 2.04 bits per heavy atom. The monoisotopic (exact) mass is 361 g/mol. The molecule has 3 aromatic rings. The number of carbonyl (C=O) groups excluding carboxylic acids is 1. The highest BCUT2D eigenvalue weighted by Gasteiger charge is 2.06. The van der Waals surface area contributed by atoms with Crippen molar-refractivity contribution < 1.29 is 4.79 Å². The summed E-state index contributed by atoms with van der Waals surface area (Å²) in [4.78, 5) is 52.8. The van der Waals surface area contributed by atoms with E-state index in [1.807, 2.05) is 5.38 Å². The first-order valence-corrected chi connectivity index (χ1v) is 8.41. The molecule has 0 atom stereocenters. The van der Waals surface area contributed by atoms with Gasteiger partial charge in [0.15, 0.2) is 0 Å². The van der Waals surface area contributed by atoms with Crippen LogP contribution in [0, 0.1) is 0 Å². The molecule has 1 amide bonds. The molecule has 130 valence electrons. The van der Waals surface area contributed by atoms with Crippen molar-refractivity contribution in [3.63, 3.8) is 0 Å². The predicted molar refractivity (Wildman–Crippen MR) is 92.8 cm³/mol. The maximum Gasteiger partial charge on any atom is 0.328 e. The van der Waals surface area contributed by atoms with Gasteiger partial charge in [-0.25, -0.2) is 9.78 Å². The molecular weight excluding hydrogens is 346 g/mol. The number of fused-ring (bicyclic) bond motifs is 1. The minimum absolute atomic E-state index is 0.0864. The van der Waals surface area contributed by atoms with Crippen molar-refractivity contribution in [2.24, 2.45) is 0 Å². The van der Waals surface area contributed by atoms with Crippen molar-refractivity contribution in [3.05, 3.63) is 61.2 Å². The molecule has 0 fully saturated rings. The molecule has 0 aliphatic carbocycles. The molecule has 3 heterocycles. The number of aromatic nitrogens is 4. The van der Waals surface area contributed by atoms with Gasteiger partial charge in [-0.3, -0.25) is 23.9 Å². The minimum Gasteiger partial charge on any atom is -0.354 e. The lowest BCUT2D eigenvalue weighted by Gasteiger charge is -2.08. The number of aromatic amines is 1. The number of carbonyl (C=O) groups is 1. The lowest BCUT2D eigenvalue weighted by molar-refractivity contribution is -0.121. The van der Waals surface area contributed by atoms with E-state index in [9.17, 15) is 19.2 Å². The molecule has 25 heavy (non-hydrogen) atoms. The fourth-order valence-corrected chi connectivity index (χ4v) is 3.08. The van der Waals surface area contributed by atoms with Crippen LogP contribution in [0.1, 0.15) is 6.42 Å². The average Bonchev–Trinajstić information content (AvgIpc) is 3.05. The molecule has 0 bridgehead atoms. The van der Waals surface area contributed by atoms with Gasteiger partial charge >= 0.3 is 5.69 Å². The van der Waals surface area contributed by atoms with Gasteiger partial charge in [0.05, 0.1) is 11.8 Å². The summed E-state index contributed by atoms with van der Waals surface area (Å²) in [7, 11) is 0. The van der Waals surface area contributed by atoms with Crippen LogP contribution in [-0.4, -0.2) is 31.6 Å². The first kappa shape index (κ1) is 16.8. The number of thiophene rings is 1. The second-order valence-corrected chi connectivity index (χ2v) is 6.20. The van der Waals surface area contributed by atoms with Gasteiger partial charge in [-0.1, -0.05) is 0 Å². The fraction of sp³-hybridized carbons (Fsp3) is 0.267. The molecule has 0 aromatic carbocycles. The Balaban J connectivity index is 1.52. The van der Waals surface area contributed by atoms with Gasteiger partial charge in [0.1, 0.15) is 4.70 Å². The molecule has 10 heteroatoms. The zero-order chi connectivity index (χ0) is 17.8. The number of aryl methyl sites for hydroxylation is 1. The van der Waals surface area contributed by atoms with Gasteiger partial charge in [-0.2, -0.15) is 0 Å². The fourth-order valence-electron chi connectivity index (χ4n) is 2.28. The number of amides is 1. The topological polar surface area (TPSA) is 119 Å². The molecule has 0 aliphatic rings. The zero-order valence-corrected chi connectivity index (χ0v) is 13.9. The van der Waals surface area contributed by atoms with Crippen LogP contribution in [0.3, 0.4) is 0 Å². The Bertz CT molecular complexity index is 1080. The van der Waals surface area contributed by atoms with Crippen LogP contribution in [0.4, 0.5) is 0 Å². The van der Waals surface area contributed by atoms with Crippen LogP contribution in [0.5, 0.6) is 0 Å². The number of H-pyrrole nitrogens is 1. The molecule has 0 unspecified atom stereocenters. The Morgan fingerprint density at radius 1 is 1.20 bits per heavy atom. The highest BCUT2D eigenvalue weighted by molar-refractivity contribution is 7.17. The van der Waals surface area contributed by atoms with E-state index < -0.39 is 11.2 Å². The lowest BCUT2D eigenvalue weighted by Crippen LogP contribution is -2.33. The zero-order valence-electron chi connectivity index (χ0n) is 13.1. The SMILES string of the molecule is O=C(CCn1ccc(=O)[nH]c1=O)NCCn1cnc2ccsc2c1=O. The number of nitrogens with zero attached hydrogens (tertiary/aromatic N) is 3. The second kappa shape index (κ2) is 7.26. The summed E-state index contributed by atoms with van der Waals surface area (Å²) < 4.78 is 3.29. The predicted octanol–water partition coefficient (Wildman–Crippen LogP) is -0.485. The minimum atomic E-state index is -0.554. The summed E-state index contributed by atoms with van der Waals surface area (Å²) in [5, 5.41) is 4.50. The van der Waals surface area contributed by atoms with E-state index in [0.717, 1.165) is 0 Å². The van der Waals surface area contributed by atoms with Crippen molar-refractivity contribution in [2.45, 2.75) is 19.5 Å². The molecular formula is C15H15N5O4S. The Kier molecular flexibility index (Phi) is 4.89. The summed E-state index contributed by atoms with van der Waals surface area (Å²) >= 11 is 1.34.